The molecule has 3 atom stereocenters. The van der Waals surface area contributed by atoms with Crippen LogP contribution in [0.25, 0.3) is 0 Å². The summed E-state index contributed by atoms with van der Waals surface area (Å²) in [6.45, 7) is 2.79. The topological polar surface area (TPSA) is 85.4 Å². The zero-order valence-electron chi connectivity index (χ0n) is 15.7. The van der Waals surface area contributed by atoms with E-state index >= 15 is 0 Å². The zero-order chi connectivity index (χ0) is 18.4. The molecule has 3 rings (SSSR count). The summed E-state index contributed by atoms with van der Waals surface area (Å²) in [7, 11) is 1.59. The summed E-state index contributed by atoms with van der Waals surface area (Å²) in [6.07, 6.45) is 10.2. The van der Waals surface area contributed by atoms with Gasteiger partial charge in [-0.3, -0.25) is 4.79 Å². The van der Waals surface area contributed by atoms with Crippen LogP contribution >= 0.6 is 0 Å². The summed E-state index contributed by atoms with van der Waals surface area (Å²) >= 11 is 0. The summed E-state index contributed by atoms with van der Waals surface area (Å²) < 4.78 is 11.2. The number of carbonyl (C=O) groups excluding carboxylic acids is 1. The first-order valence-electron chi connectivity index (χ1n) is 9.74. The number of carbonyl (C=O) groups is 1. The van der Waals surface area contributed by atoms with Crippen LogP contribution in [0.1, 0.15) is 51.9 Å². The molecular weight excluding hydrogens is 332 g/mol. The van der Waals surface area contributed by atoms with Crippen molar-refractivity contribution in [1.29, 1.82) is 0 Å². The number of nitrogens with one attached hydrogen (secondary N) is 2. The molecule has 7 heteroatoms. The zero-order valence-corrected chi connectivity index (χ0v) is 15.7. The maximum absolute atomic E-state index is 12.5. The number of hydrogen-bond donors (Lipinski definition) is 2. The molecule has 2 saturated carbocycles. The fraction of sp³-hybridized carbons (Fsp3) is 0.737. The number of methoxy groups -OCH3 is 1. The van der Waals surface area contributed by atoms with Crippen LogP contribution in [-0.2, 0) is 9.53 Å². The van der Waals surface area contributed by atoms with Crippen LogP contribution in [0.5, 0.6) is 5.75 Å². The van der Waals surface area contributed by atoms with Crippen LogP contribution in [0.4, 0.5) is 5.95 Å². The van der Waals surface area contributed by atoms with E-state index in [4.69, 9.17) is 9.47 Å². The number of amides is 1. The van der Waals surface area contributed by atoms with Gasteiger partial charge in [-0.25, -0.2) is 9.97 Å². The van der Waals surface area contributed by atoms with Gasteiger partial charge in [0.25, 0.3) is 0 Å². The molecule has 0 aromatic carbocycles. The molecule has 2 N–H and O–H groups in total. The second-order valence-electron chi connectivity index (χ2n) is 7.25. The molecule has 2 aliphatic carbocycles. The highest BCUT2D eigenvalue weighted by Gasteiger charge is 2.36. The first-order valence-corrected chi connectivity index (χ1v) is 9.74. The minimum Gasteiger partial charge on any atom is -0.494 e. The second-order valence-corrected chi connectivity index (χ2v) is 7.25. The molecule has 0 bridgehead atoms. The van der Waals surface area contributed by atoms with E-state index in [2.05, 4.69) is 27.5 Å². The summed E-state index contributed by atoms with van der Waals surface area (Å²) in [4.78, 5) is 21.1. The predicted octanol–water partition coefficient (Wildman–Crippen LogP) is 2.53. The average Bonchev–Trinajstić information content (AvgIpc) is 2.64. The smallest absolute Gasteiger partial charge is 0.223 e. The van der Waals surface area contributed by atoms with Gasteiger partial charge in [-0.05, 0) is 44.9 Å². The number of nitrogens with zero attached hydrogens (tertiary/aromatic N) is 2. The molecule has 0 saturated heterocycles. The Kier molecular flexibility index (Phi) is 6.66. The Morgan fingerprint density at radius 1 is 1.23 bits per heavy atom. The maximum atomic E-state index is 12.5. The third kappa shape index (κ3) is 4.84. The summed E-state index contributed by atoms with van der Waals surface area (Å²) in [5, 5.41) is 6.57. The second kappa shape index (κ2) is 9.16. The molecule has 0 aliphatic heterocycles. The molecule has 0 radical (unpaired) electrons. The SMILES string of the molecule is CCCOC1CC(C(=O)NC2CCC2)CCC1Nc1ncc(OC)cn1. The lowest BCUT2D eigenvalue weighted by Gasteiger charge is -2.37. The Labute approximate surface area is 155 Å². The van der Waals surface area contributed by atoms with Crippen LogP contribution in [0.15, 0.2) is 12.4 Å². The molecule has 1 aromatic heterocycles. The first-order chi connectivity index (χ1) is 12.7. The number of rotatable bonds is 8. The van der Waals surface area contributed by atoms with Crippen LogP contribution in [-0.4, -0.2) is 47.8 Å². The van der Waals surface area contributed by atoms with Gasteiger partial charge in [0.15, 0.2) is 5.75 Å². The average molecular weight is 362 g/mol. The van der Waals surface area contributed by atoms with Crippen molar-refractivity contribution in [1.82, 2.24) is 15.3 Å². The van der Waals surface area contributed by atoms with Crippen molar-refractivity contribution in [2.75, 3.05) is 19.0 Å². The van der Waals surface area contributed by atoms with Gasteiger partial charge in [-0.15, -0.1) is 0 Å². The highest BCUT2D eigenvalue weighted by molar-refractivity contribution is 5.79. The molecule has 2 fully saturated rings. The van der Waals surface area contributed by atoms with E-state index in [0.717, 1.165) is 38.5 Å². The lowest BCUT2D eigenvalue weighted by atomic mass is 9.82. The number of anilines is 1. The van der Waals surface area contributed by atoms with Crippen LogP contribution in [0.2, 0.25) is 0 Å². The van der Waals surface area contributed by atoms with Crippen molar-refractivity contribution in [2.45, 2.75) is 70.1 Å². The van der Waals surface area contributed by atoms with Crippen molar-refractivity contribution < 1.29 is 14.3 Å². The standard InChI is InChI=1S/C19H30N4O3/c1-3-9-26-17-10-13(18(24)22-14-5-4-6-14)7-8-16(17)23-19-20-11-15(25-2)12-21-19/h11-14,16-17H,3-10H2,1-2H3,(H,22,24)(H,20,21,23). The molecule has 2 aliphatic rings. The van der Waals surface area contributed by atoms with E-state index in [-0.39, 0.29) is 24.0 Å². The summed E-state index contributed by atoms with van der Waals surface area (Å²) in [5.41, 5.74) is 0. The Hall–Kier alpha value is -1.89. The minimum atomic E-state index is -0.00783. The van der Waals surface area contributed by atoms with E-state index < -0.39 is 0 Å². The van der Waals surface area contributed by atoms with E-state index in [1.165, 1.54) is 6.42 Å². The van der Waals surface area contributed by atoms with E-state index in [1.54, 1.807) is 19.5 Å². The first kappa shape index (κ1) is 18.9. The van der Waals surface area contributed by atoms with Crippen molar-refractivity contribution in [3.8, 4) is 5.75 Å². The number of aromatic nitrogens is 2. The molecule has 1 amide bonds. The van der Waals surface area contributed by atoms with Crippen molar-refractivity contribution in [3.05, 3.63) is 12.4 Å². The van der Waals surface area contributed by atoms with Gasteiger partial charge in [0, 0.05) is 18.6 Å². The largest absolute Gasteiger partial charge is 0.494 e. The lowest BCUT2D eigenvalue weighted by molar-refractivity contribution is -0.129. The van der Waals surface area contributed by atoms with E-state index in [0.29, 0.717) is 24.3 Å². The summed E-state index contributed by atoms with van der Waals surface area (Å²) in [5.74, 6) is 1.43. The van der Waals surface area contributed by atoms with Gasteiger partial charge in [0.1, 0.15) is 0 Å². The molecular formula is C19H30N4O3. The van der Waals surface area contributed by atoms with Gasteiger partial charge in [-0.1, -0.05) is 6.92 Å². The Morgan fingerprint density at radius 3 is 2.62 bits per heavy atom. The molecule has 144 valence electrons. The molecule has 1 heterocycles. The fourth-order valence-electron chi connectivity index (χ4n) is 3.52. The number of hydrogen-bond acceptors (Lipinski definition) is 6. The predicted molar refractivity (Wildman–Crippen MR) is 99.1 cm³/mol. The molecule has 1 aromatic rings. The highest BCUT2D eigenvalue weighted by Crippen LogP contribution is 2.30. The van der Waals surface area contributed by atoms with Crippen molar-refractivity contribution in [2.24, 2.45) is 5.92 Å². The Balaban J connectivity index is 1.58. The van der Waals surface area contributed by atoms with Gasteiger partial charge >= 0.3 is 0 Å². The normalized spacial score (nSPS) is 26.0. The van der Waals surface area contributed by atoms with Crippen molar-refractivity contribution >= 4 is 11.9 Å². The Bertz CT molecular complexity index is 577. The van der Waals surface area contributed by atoms with Gasteiger partial charge in [0.2, 0.25) is 11.9 Å². The van der Waals surface area contributed by atoms with Crippen LogP contribution in [0.3, 0.4) is 0 Å². The Morgan fingerprint density at radius 2 is 2.00 bits per heavy atom. The van der Waals surface area contributed by atoms with E-state index in [1.807, 2.05) is 0 Å². The molecule has 7 nitrogen and oxygen atoms in total. The maximum Gasteiger partial charge on any atom is 0.223 e. The molecule has 0 spiro atoms. The molecule has 3 unspecified atom stereocenters. The minimum absolute atomic E-state index is 0.00783. The van der Waals surface area contributed by atoms with Gasteiger partial charge < -0.3 is 20.1 Å². The molecule has 26 heavy (non-hydrogen) atoms. The van der Waals surface area contributed by atoms with E-state index in [9.17, 15) is 4.79 Å². The third-order valence-electron chi connectivity index (χ3n) is 5.33. The van der Waals surface area contributed by atoms with Crippen molar-refractivity contribution in [3.63, 3.8) is 0 Å². The van der Waals surface area contributed by atoms with Crippen LogP contribution in [0, 0.1) is 5.92 Å². The highest BCUT2D eigenvalue weighted by atomic mass is 16.5. The third-order valence-corrected chi connectivity index (χ3v) is 5.33. The van der Waals surface area contributed by atoms with Gasteiger partial charge in [0.05, 0.1) is 31.6 Å². The van der Waals surface area contributed by atoms with Gasteiger partial charge in [-0.2, -0.15) is 0 Å². The lowest BCUT2D eigenvalue weighted by Crippen LogP contribution is -2.48. The van der Waals surface area contributed by atoms with Crippen LogP contribution < -0.4 is 15.4 Å². The fourth-order valence-corrected chi connectivity index (χ4v) is 3.52. The summed E-state index contributed by atoms with van der Waals surface area (Å²) in [6, 6.07) is 0.503. The number of ether oxygens (including phenoxy) is 2. The quantitative estimate of drug-likeness (QED) is 0.739. The monoisotopic (exact) mass is 362 g/mol.